The third kappa shape index (κ3) is 3.78. The molecule has 0 radical (unpaired) electrons. The molecule has 0 aliphatic rings. The first kappa shape index (κ1) is 15.0. The van der Waals surface area contributed by atoms with E-state index in [1.54, 1.807) is 13.2 Å². The molecular formula is C16H21N3O2. The van der Waals surface area contributed by atoms with E-state index in [0.717, 1.165) is 17.1 Å². The van der Waals surface area contributed by atoms with Crippen LogP contribution in [0.4, 0.5) is 11.5 Å². The van der Waals surface area contributed by atoms with Gasteiger partial charge in [0.05, 0.1) is 19.4 Å². The SMILES string of the molecule is CCOc1nc(NC(C)c2ccc(OC)cc2)ccc1N. The largest absolute Gasteiger partial charge is 0.497 e. The number of hydrogen-bond acceptors (Lipinski definition) is 5. The molecule has 1 aromatic carbocycles. The molecule has 5 nitrogen and oxygen atoms in total. The minimum atomic E-state index is 0.113. The fraction of sp³-hybridized carbons (Fsp3) is 0.312. The Hall–Kier alpha value is -2.43. The Kier molecular flexibility index (Phi) is 4.87. The molecular weight excluding hydrogens is 266 g/mol. The fourth-order valence-corrected chi connectivity index (χ4v) is 1.98. The summed E-state index contributed by atoms with van der Waals surface area (Å²) < 4.78 is 10.6. The first-order valence-corrected chi connectivity index (χ1v) is 6.93. The van der Waals surface area contributed by atoms with Crippen LogP contribution in [0.1, 0.15) is 25.5 Å². The molecule has 0 amide bonds. The zero-order valence-electron chi connectivity index (χ0n) is 12.6. The second-order valence-corrected chi connectivity index (χ2v) is 4.66. The van der Waals surface area contributed by atoms with Gasteiger partial charge in [-0.3, -0.25) is 0 Å². The van der Waals surface area contributed by atoms with Crippen molar-refractivity contribution >= 4 is 11.5 Å². The summed E-state index contributed by atoms with van der Waals surface area (Å²) in [4.78, 5) is 4.38. The number of rotatable bonds is 6. The Bertz CT molecular complexity index is 585. The van der Waals surface area contributed by atoms with E-state index in [2.05, 4.69) is 17.2 Å². The third-order valence-electron chi connectivity index (χ3n) is 3.15. The zero-order valence-corrected chi connectivity index (χ0v) is 12.6. The number of pyridine rings is 1. The minimum Gasteiger partial charge on any atom is -0.497 e. The van der Waals surface area contributed by atoms with Gasteiger partial charge in [0, 0.05) is 6.04 Å². The molecule has 112 valence electrons. The summed E-state index contributed by atoms with van der Waals surface area (Å²) in [5, 5.41) is 3.33. The summed E-state index contributed by atoms with van der Waals surface area (Å²) in [6.07, 6.45) is 0. The number of benzene rings is 1. The topological polar surface area (TPSA) is 69.4 Å². The van der Waals surface area contributed by atoms with Gasteiger partial charge in [-0.15, -0.1) is 0 Å². The first-order chi connectivity index (χ1) is 10.1. The van der Waals surface area contributed by atoms with Gasteiger partial charge in [-0.2, -0.15) is 4.98 Å². The van der Waals surface area contributed by atoms with Gasteiger partial charge in [-0.1, -0.05) is 12.1 Å². The first-order valence-electron chi connectivity index (χ1n) is 6.93. The van der Waals surface area contributed by atoms with Gasteiger partial charge >= 0.3 is 0 Å². The third-order valence-corrected chi connectivity index (χ3v) is 3.15. The van der Waals surface area contributed by atoms with Crippen LogP contribution >= 0.6 is 0 Å². The van der Waals surface area contributed by atoms with Gasteiger partial charge in [0.2, 0.25) is 5.88 Å². The zero-order chi connectivity index (χ0) is 15.2. The predicted octanol–water partition coefficient (Wildman–Crippen LogP) is 3.24. The quantitative estimate of drug-likeness (QED) is 0.853. The maximum atomic E-state index is 5.82. The standard InChI is InChI=1S/C16H21N3O2/c1-4-21-16-14(17)9-10-15(19-16)18-11(2)12-5-7-13(20-3)8-6-12/h5-11H,4,17H2,1-3H3,(H,18,19). The maximum absolute atomic E-state index is 5.82. The van der Waals surface area contributed by atoms with Crippen molar-refractivity contribution in [3.63, 3.8) is 0 Å². The molecule has 3 N–H and O–H groups in total. The molecule has 1 aromatic heterocycles. The average molecular weight is 287 g/mol. The van der Waals surface area contributed by atoms with Crippen molar-refractivity contribution in [3.8, 4) is 11.6 Å². The van der Waals surface area contributed by atoms with Crippen molar-refractivity contribution < 1.29 is 9.47 Å². The van der Waals surface area contributed by atoms with Crippen molar-refractivity contribution in [2.24, 2.45) is 0 Å². The number of nitrogen functional groups attached to an aromatic ring is 1. The number of nitrogens with one attached hydrogen (secondary N) is 1. The fourth-order valence-electron chi connectivity index (χ4n) is 1.98. The Labute approximate surface area is 125 Å². The molecule has 0 saturated heterocycles. The molecule has 1 heterocycles. The van der Waals surface area contributed by atoms with Crippen molar-refractivity contribution in [2.75, 3.05) is 24.8 Å². The summed E-state index contributed by atoms with van der Waals surface area (Å²) in [6, 6.07) is 11.7. The number of anilines is 2. The van der Waals surface area contributed by atoms with E-state index in [9.17, 15) is 0 Å². The summed E-state index contributed by atoms with van der Waals surface area (Å²) in [6.45, 7) is 4.51. The highest BCUT2D eigenvalue weighted by atomic mass is 16.5. The van der Waals surface area contributed by atoms with Gasteiger partial charge in [-0.25, -0.2) is 0 Å². The van der Waals surface area contributed by atoms with E-state index >= 15 is 0 Å². The molecule has 0 fully saturated rings. The second kappa shape index (κ2) is 6.83. The van der Waals surface area contributed by atoms with E-state index in [0.29, 0.717) is 18.2 Å². The van der Waals surface area contributed by atoms with Crippen LogP contribution in [0.2, 0.25) is 0 Å². The summed E-state index contributed by atoms with van der Waals surface area (Å²) >= 11 is 0. The highest BCUT2D eigenvalue weighted by molar-refractivity contribution is 5.54. The number of aromatic nitrogens is 1. The van der Waals surface area contributed by atoms with Crippen LogP contribution < -0.4 is 20.5 Å². The normalized spacial score (nSPS) is 11.8. The maximum Gasteiger partial charge on any atom is 0.239 e. The molecule has 0 saturated carbocycles. The van der Waals surface area contributed by atoms with Crippen LogP contribution in [0.3, 0.4) is 0 Å². The van der Waals surface area contributed by atoms with E-state index in [-0.39, 0.29) is 6.04 Å². The second-order valence-electron chi connectivity index (χ2n) is 4.66. The van der Waals surface area contributed by atoms with E-state index in [1.165, 1.54) is 0 Å². The van der Waals surface area contributed by atoms with E-state index in [1.807, 2.05) is 37.3 Å². The highest BCUT2D eigenvalue weighted by Gasteiger charge is 2.09. The summed E-state index contributed by atoms with van der Waals surface area (Å²) in [5.41, 5.74) is 7.51. The molecule has 2 rings (SSSR count). The number of methoxy groups -OCH3 is 1. The average Bonchev–Trinajstić information content (AvgIpc) is 2.51. The van der Waals surface area contributed by atoms with Crippen LogP contribution in [-0.4, -0.2) is 18.7 Å². The molecule has 0 aliphatic heterocycles. The number of ether oxygens (including phenoxy) is 2. The van der Waals surface area contributed by atoms with Crippen molar-refractivity contribution in [1.82, 2.24) is 4.98 Å². The van der Waals surface area contributed by atoms with Gasteiger partial charge in [0.1, 0.15) is 11.6 Å². The van der Waals surface area contributed by atoms with Gasteiger partial charge < -0.3 is 20.5 Å². The summed E-state index contributed by atoms with van der Waals surface area (Å²) in [5.74, 6) is 2.04. The lowest BCUT2D eigenvalue weighted by Gasteiger charge is -2.16. The number of nitrogens with zero attached hydrogens (tertiary/aromatic N) is 1. The van der Waals surface area contributed by atoms with Gasteiger partial charge in [0.15, 0.2) is 0 Å². The Morgan fingerprint density at radius 1 is 1.19 bits per heavy atom. The molecule has 2 aromatic rings. The molecule has 1 unspecified atom stereocenters. The lowest BCUT2D eigenvalue weighted by atomic mass is 10.1. The van der Waals surface area contributed by atoms with Gasteiger partial charge in [0.25, 0.3) is 0 Å². The minimum absolute atomic E-state index is 0.113. The Morgan fingerprint density at radius 2 is 1.90 bits per heavy atom. The molecule has 21 heavy (non-hydrogen) atoms. The van der Waals surface area contributed by atoms with Crippen LogP contribution in [0, 0.1) is 0 Å². The lowest BCUT2D eigenvalue weighted by Crippen LogP contribution is -2.09. The van der Waals surface area contributed by atoms with Crippen LogP contribution in [0.25, 0.3) is 0 Å². The molecule has 5 heteroatoms. The monoisotopic (exact) mass is 287 g/mol. The predicted molar refractivity (Wildman–Crippen MR) is 84.9 cm³/mol. The summed E-state index contributed by atoms with van der Waals surface area (Å²) in [7, 11) is 1.66. The number of hydrogen-bond donors (Lipinski definition) is 2. The van der Waals surface area contributed by atoms with E-state index < -0.39 is 0 Å². The van der Waals surface area contributed by atoms with Crippen LogP contribution in [0.5, 0.6) is 11.6 Å². The highest BCUT2D eigenvalue weighted by Crippen LogP contribution is 2.24. The Balaban J connectivity index is 2.11. The van der Waals surface area contributed by atoms with Crippen LogP contribution in [-0.2, 0) is 0 Å². The molecule has 0 bridgehead atoms. The van der Waals surface area contributed by atoms with Crippen molar-refractivity contribution in [3.05, 3.63) is 42.0 Å². The lowest BCUT2D eigenvalue weighted by molar-refractivity contribution is 0.329. The van der Waals surface area contributed by atoms with Crippen molar-refractivity contribution in [2.45, 2.75) is 19.9 Å². The van der Waals surface area contributed by atoms with E-state index in [4.69, 9.17) is 15.2 Å². The molecule has 0 aliphatic carbocycles. The van der Waals surface area contributed by atoms with Crippen LogP contribution in [0.15, 0.2) is 36.4 Å². The Morgan fingerprint density at radius 3 is 2.52 bits per heavy atom. The smallest absolute Gasteiger partial charge is 0.239 e. The van der Waals surface area contributed by atoms with Crippen molar-refractivity contribution in [1.29, 1.82) is 0 Å². The number of nitrogens with two attached hydrogens (primary N) is 1. The molecule has 0 spiro atoms. The molecule has 1 atom stereocenters. The van der Waals surface area contributed by atoms with Gasteiger partial charge in [-0.05, 0) is 43.7 Å².